The van der Waals surface area contributed by atoms with E-state index in [0.717, 1.165) is 24.3 Å². The van der Waals surface area contributed by atoms with Crippen molar-refractivity contribution < 1.29 is 9.00 Å². The zero-order valence-electron chi connectivity index (χ0n) is 12.4. The van der Waals surface area contributed by atoms with Gasteiger partial charge in [0.1, 0.15) is 0 Å². The Labute approximate surface area is 123 Å². The number of nitrogens with one attached hydrogen (secondary N) is 2. The van der Waals surface area contributed by atoms with E-state index in [4.69, 9.17) is 0 Å². The molecule has 0 bridgehead atoms. The lowest BCUT2D eigenvalue weighted by molar-refractivity contribution is 0.0954. The van der Waals surface area contributed by atoms with E-state index < -0.39 is 10.8 Å². The van der Waals surface area contributed by atoms with Gasteiger partial charge in [-0.1, -0.05) is 6.92 Å². The molecule has 5 nitrogen and oxygen atoms in total. The number of carbonyl (C=O) groups is 1. The van der Waals surface area contributed by atoms with Crippen molar-refractivity contribution in [1.29, 1.82) is 0 Å². The first-order valence-electron chi connectivity index (χ1n) is 6.83. The predicted molar refractivity (Wildman–Crippen MR) is 83.6 cm³/mol. The molecule has 0 saturated heterocycles. The molecule has 6 heteroatoms. The zero-order chi connectivity index (χ0) is 15.0. The quantitative estimate of drug-likeness (QED) is 0.717. The second kappa shape index (κ2) is 8.68. The van der Waals surface area contributed by atoms with Crippen LogP contribution in [0.15, 0.2) is 12.3 Å². The SMILES string of the molecule is CCCNc1cc(C)ncc1C(=O)NCCCS(C)=O. The number of rotatable bonds is 8. The van der Waals surface area contributed by atoms with Crippen LogP contribution in [0.5, 0.6) is 0 Å². The third kappa shape index (κ3) is 5.69. The van der Waals surface area contributed by atoms with Crippen molar-refractivity contribution in [2.24, 2.45) is 0 Å². The summed E-state index contributed by atoms with van der Waals surface area (Å²) in [6.07, 6.45) is 4.97. The lowest BCUT2D eigenvalue weighted by atomic mass is 10.2. The molecule has 1 amide bonds. The van der Waals surface area contributed by atoms with Crippen molar-refractivity contribution in [3.05, 3.63) is 23.5 Å². The molecule has 112 valence electrons. The molecule has 0 aliphatic heterocycles. The average molecular weight is 297 g/mol. The second-order valence-electron chi connectivity index (χ2n) is 4.68. The van der Waals surface area contributed by atoms with Gasteiger partial charge in [-0.3, -0.25) is 14.0 Å². The smallest absolute Gasteiger partial charge is 0.254 e. The molecule has 1 unspecified atom stereocenters. The first-order chi connectivity index (χ1) is 9.54. The number of nitrogens with zero attached hydrogens (tertiary/aromatic N) is 1. The van der Waals surface area contributed by atoms with Crippen LogP contribution in [-0.2, 0) is 10.8 Å². The van der Waals surface area contributed by atoms with Gasteiger partial charge in [-0.15, -0.1) is 0 Å². The summed E-state index contributed by atoms with van der Waals surface area (Å²) in [7, 11) is -0.813. The molecular weight excluding hydrogens is 274 g/mol. The number of pyridine rings is 1. The zero-order valence-corrected chi connectivity index (χ0v) is 13.2. The van der Waals surface area contributed by atoms with Gasteiger partial charge in [-0.2, -0.15) is 0 Å². The summed E-state index contributed by atoms with van der Waals surface area (Å²) < 4.78 is 10.9. The summed E-state index contributed by atoms with van der Waals surface area (Å²) in [6.45, 7) is 5.32. The molecule has 1 atom stereocenters. The van der Waals surface area contributed by atoms with Gasteiger partial charge in [0.15, 0.2) is 0 Å². The third-order valence-electron chi connectivity index (χ3n) is 2.74. The third-order valence-corrected chi connectivity index (χ3v) is 3.61. The number of anilines is 1. The maximum absolute atomic E-state index is 12.1. The Morgan fingerprint density at radius 3 is 2.80 bits per heavy atom. The monoisotopic (exact) mass is 297 g/mol. The van der Waals surface area contributed by atoms with E-state index in [0.29, 0.717) is 24.3 Å². The normalized spacial score (nSPS) is 11.9. The molecular formula is C14H23N3O2S. The van der Waals surface area contributed by atoms with Gasteiger partial charge in [0.2, 0.25) is 0 Å². The van der Waals surface area contributed by atoms with E-state index in [1.165, 1.54) is 0 Å². The summed E-state index contributed by atoms with van der Waals surface area (Å²) in [5.41, 5.74) is 2.25. The molecule has 0 spiro atoms. The molecule has 2 N–H and O–H groups in total. The Bertz CT molecular complexity index is 477. The van der Waals surface area contributed by atoms with Crippen LogP contribution in [-0.4, -0.2) is 40.2 Å². The van der Waals surface area contributed by atoms with Crippen molar-refractivity contribution in [3.8, 4) is 0 Å². The van der Waals surface area contributed by atoms with Crippen LogP contribution < -0.4 is 10.6 Å². The number of amides is 1. The lowest BCUT2D eigenvalue weighted by Gasteiger charge is -2.12. The van der Waals surface area contributed by atoms with E-state index in [1.54, 1.807) is 12.5 Å². The van der Waals surface area contributed by atoms with E-state index in [-0.39, 0.29) is 5.91 Å². The van der Waals surface area contributed by atoms with Gasteiger partial charge in [0, 0.05) is 47.8 Å². The van der Waals surface area contributed by atoms with Crippen molar-refractivity contribution in [2.75, 3.05) is 30.4 Å². The molecule has 1 heterocycles. The highest BCUT2D eigenvalue weighted by Crippen LogP contribution is 2.15. The van der Waals surface area contributed by atoms with Crippen molar-refractivity contribution in [2.45, 2.75) is 26.7 Å². The number of hydrogen-bond acceptors (Lipinski definition) is 4. The topological polar surface area (TPSA) is 71.1 Å². The number of aryl methyl sites for hydroxylation is 1. The van der Waals surface area contributed by atoms with Crippen molar-refractivity contribution >= 4 is 22.4 Å². The average Bonchev–Trinajstić information content (AvgIpc) is 2.41. The summed E-state index contributed by atoms with van der Waals surface area (Å²) in [5, 5.41) is 6.08. The molecule has 0 saturated carbocycles. The molecule has 0 aromatic carbocycles. The van der Waals surface area contributed by atoms with Gasteiger partial charge in [0.05, 0.1) is 11.3 Å². The fourth-order valence-electron chi connectivity index (χ4n) is 1.72. The number of carbonyl (C=O) groups excluding carboxylic acids is 1. The summed E-state index contributed by atoms with van der Waals surface area (Å²) in [4.78, 5) is 16.3. The highest BCUT2D eigenvalue weighted by atomic mass is 32.2. The van der Waals surface area contributed by atoms with E-state index in [9.17, 15) is 9.00 Å². The van der Waals surface area contributed by atoms with Crippen LogP contribution in [0.25, 0.3) is 0 Å². The standard InChI is InChI=1S/C14H23N3O2S/c1-4-6-15-13-9-11(2)17-10-12(13)14(18)16-7-5-8-20(3)19/h9-10H,4-8H2,1-3H3,(H,15,17)(H,16,18). The minimum Gasteiger partial charge on any atom is -0.384 e. The Kier molecular flexibility index (Phi) is 7.22. The minimum atomic E-state index is -0.813. The van der Waals surface area contributed by atoms with E-state index in [2.05, 4.69) is 22.5 Å². The maximum atomic E-state index is 12.1. The molecule has 1 aromatic heterocycles. The van der Waals surface area contributed by atoms with Gasteiger partial charge < -0.3 is 10.6 Å². The first-order valence-corrected chi connectivity index (χ1v) is 8.56. The minimum absolute atomic E-state index is 0.141. The Hall–Kier alpha value is -1.43. The first kappa shape index (κ1) is 16.6. The second-order valence-corrected chi connectivity index (χ2v) is 6.24. The molecule has 0 fully saturated rings. The van der Waals surface area contributed by atoms with Crippen LogP contribution in [0.3, 0.4) is 0 Å². The molecule has 0 aliphatic rings. The van der Waals surface area contributed by atoms with Gasteiger partial charge in [0.25, 0.3) is 5.91 Å². The highest BCUT2D eigenvalue weighted by Gasteiger charge is 2.11. The summed E-state index contributed by atoms with van der Waals surface area (Å²) in [5.74, 6) is 0.464. The van der Waals surface area contributed by atoms with Crippen LogP contribution in [0.4, 0.5) is 5.69 Å². The number of aromatic nitrogens is 1. The predicted octanol–water partition coefficient (Wildman–Crippen LogP) is 1.71. The van der Waals surface area contributed by atoms with Crippen LogP contribution in [0.1, 0.15) is 35.8 Å². The van der Waals surface area contributed by atoms with Crippen molar-refractivity contribution in [3.63, 3.8) is 0 Å². The molecule has 0 radical (unpaired) electrons. The summed E-state index contributed by atoms with van der Waals surface area (Å²) >= 11 is 0. The highest BCUT2D eigenvalue weighted by molar-refractivity contribution is 7.84. The molecule has 0 aliphatic carbocycles. The summed E-state index contributed by atoms with van der Waals surface area (Å²) in [6, 6.07) is 1.88. The van der Waals surface area contributed by atoms with E-state index in [1.807, 2.05) is 13.0 Å². The Morgan fingerprint density at radius 2 is 2.15 bits per heavy atom. The van der Waals surface area contributed by atoms with Gasteiger partial charge in [-0.25, -0.2) is 0 Å². The Balaban J connectivity index is 2.63. The fraction of sp³-hybridized carbons (Fsp3) is 0.571. The van der Waals surface area contributed by atoms with Crippen molar-refractivity contribution in [1.82, 2.24) is 10.3 Å². The van der Waals surface area contributed by atoms with Crippen LogP contribution in [0, 0.1) is 6.92 Å². The fourth-order valence-corrected chi connectivity index (χ4v) is 2.27. The number of hydrogen-bond donors (Lipinski definition) is 2. The van der Waals surface area contributed by atoms with Gasteiger partial charge >= 0.3 is 0 Å². The van der Waals surface area contributed by atoms with E-state index >= 15 is 0 Å². The molecule has 20 heavy (non-hydrogen) atoms. The largest absolute Gasteiger partial charge is 0.384 e. The lowest BCUT2D eigenvalue weighted by Crippen LogP contribution is -2.26. The van der Waals surface area contributed by atoms with Crippen LogP contribution in [0.2, 0.25) is 0 Å². The maximum Gasteiger partial charge on any atom is 0.254 e. The molecule has 1 aromatic rings. The Morgan fingerprint density at radius 1 is 1.40 bits per heavy atom. The van der Waals surface area contributed by atoms with Crippen LogP contribution >= 0.6 is 0 Å². The van der Waals surface area contributed by atoms with Gasteiger partial charge in [-0.05, 0) is 25.8 Å². The molecule has 1 rings (SSSR count).